The highest BCUT2D eigenvalue weighted by Gasteiger charge is 2.46. The van der Waals surface area contributed by atoms with Gasteiger partial charge in [-0.25, -0.2) is 4.98 Å². The molecule has 2 aliphatic heterocycles. The van der Waals surface area contributed by atoms with Gasteiger partial charge in [0.2, 0.25) is 0 Å². The monoisotopic (exact) mass is 534 g/mol. The Labute approximate surface area is 227 Å². The van der Waals surface area contributed by atoms with Crippen LogP contribution in [0.5, 0.6) is 11.5 Å². The number of aliphatic hydroxyl groups is 1. The molecule has 10 heteroatoms. The molecular weight excluding hydrogens is 500 g/mol. The highest BCUT2D eigenvalue weighted by Crippen LogP contribution is 2.42. The highest BCUT2D eigenvalue weighted by atomic mass is 16.5. The maximum absolute atomic E-state index is 13.5. The number of fused-ring (bicyclic) bond motifs is 1. The van der Waals surface area contributed by atoms with Gasteiger partial charge < -0.3 is 29.0 Å². The summed E-state index contributed by atoms with van der Waals surface area (Å²) in [6, 6.07) is 7.70. The van der Waals surface area contributed by atoms with E-state index >= 15 is 0 Å². The number of ether oxygens (including phenoxy) is 2. The SMILES string of the molecule is CCOc1cc(C2C(=C(O)c3nc4c(C)cccn4c3C)C(=O)C(=O)N2CCCN2CCOCC2)ccc1O. The van der Waals surface area contributed by atoms with E-state index in [-0.39, 0.29) is 28.5 Å². The van der Waals surface area contributed by atoms with Crippen LogP contribution in [0.2, 0.25) is 0 Å². The number of phenolic OH excluding ortho intramolecular Hbond substituents is 1. The molecule has 39 heavy (non-hydrogen) atoms. The number of aliphatic hydroxyl groups excluding tert-OH is 1. The number of imidazole rings is 1. The number of morpholine rings is 1. The second-order valence-corrected chi connectivity index (χ2v) is 9.89. The summed E-state index contributed by atoms with van der Waals surface area (Å²) < 4.78 is 12.9. The van der Waals surface area contributed by atoms with Crippen LogP contribution in [0.15, 0.2) is 42.1 Å². The molecule has 3 aromatic rings. The van der Waals surface area contributed by atoms with Crippen LogP contribution in [0.1, 0.15) is 41.9 Å². The van der Waals surface area contributed by atoms with Crippen molar-refractivity contribution >= 4 is 23.1 Å². The van der Waals surface area contributed by atoms with Gasteiger partial charge in [0.05, 0.1) is 37.1 Å². The number of phenols is 1. The maximum atomic E-state index is 13.5. The Kier molecular flexibility index (Phi) is 7.58. The summed E-state index contributed by atoms with van der Waals surface area (Å²) in [7, 11) is 0. The summed E-state index contributed by atoms with van der Waals surface area (Å²) in [4.78, 5) is 35.3. The molecule has 4 heterocycles. The summed E-state index contributed by atoms with van der Waals surface area (Å²) in [5, 5.41) is 21.9. The number of aryl methyl sites for hydroxylation is 2. The fourth-order valence-corrected chi connectivity index (χ4v) is 5.39. The number of hydrogen-bond donors (Lipinski definition) is 2. The Morgan fingerprint density at radius 1 is 1.15 bits per heavy atom. The minimum Gasteiger partial charge on any atom is -0.505 e. The van der Waals surface area contributed by atoms with Crippen molar-refractivity contribution in [3.8, 4) is 11.5 Å². The van der Waals surface area contributed by atoms with E-state index in [2.05, 4.69) is 9.88 Å². The summed E-state index contributed by atoms with van der Waals surface area (Å²) in [5.74, 6) is -1.55. The lowest BCUT2D eigenvalue weighted by atomic mass is 9.96. The number of aromatic nitrogens is 2. The Bertz CT molecular complexity index is 1440. The molecule has 206 valence electrons. The molecular formula is C29H34N4O6. The normalized spacial score (nSPS) is 19.8. The zero-order valence-electron chi connectivity index (χ0n) is 22.5. The molecule has 5 rings (SSSR count). The first-order chi connectivity index (χ1) is 18.8. The van der Waals surface area contributed by atoms with Crippen LogP contribution in [0.4, 0.5) is 0 Å². The van der Waals surface area contributed by atoms with Crippen molar-refractivity contribution in [2.24, 2.45) is 0 Å². The largest absolute Gasteiger partial charge is 0.505 e. The van der Waals surface area contributed by atoms with Crippen LogP contribution in [-0.4, -0.2) is 87.1 Å². The molecule has 2 fully saturated rings. The van der Waals surface area contributed by atoms with Crippen molar-refractivity contribution in [1.29, 1.82) is 0 Å². The van der Waals surface area contributed by atoms with Crippen LogP contribution in [0.3, 0.4) is 0 Å². The van der Waals surface area contributed by atoms with Gasteiger partial charge in [-0.2, -0.15) is 0 Å². The number of nitrogens with zero attached hydrogens (tertiary/aromatic N) is 4. The van der Waals surface area contributed by atoms with Gasteiger partial charge in [-0.05, 0) is 56.5 Å². The molecule has 0 aliphatic carbocycles. The minimum atomic E-state index is -0.861. The lowest BCUT2D eigenvalue weighted by Gasteiger charge is -2.29. The molecule has 0 radical (unpaired) electrons. The molecule has 1 amide bonds. The van der Waals surface area contributed by atoms with Crippen molar-refractivity contribution < 1.29 is 29.3 Å². The Hall–Kier alpha value is -3.89. The van der Waals surface area contributed by atoms with Gasteiger partial charge >= 0.3 is 0 Å². The lowest BCUT2D eigenvalue weighted by Crippen LogP contribution is -2.38. The molecule has 1 aromatic carbocycles. The van der Waals surface area contributed by atoms with E-state index in [1.165, 1.54) is 11.0 Å². The third-order valence-corrected chi connectivity index (χ3v) is 7.42. The quantitative estimate of drug-likeness (QED) is 0.257. The van der Waals surface area contributed by atoms with Crippen LogP contribution in [0, 0.1) is 13.8 Å². The first-order valence-corrected chi connectivity index (χ1v) is 13.3. The standard InChI is InChI=1S/C29H34N4O6/c1-4-39-22-17-20(8-9-21(22)34)25-23(26(35)24-19(3)32-11-5-7-18(2)28(32)30-24)27(36)29(37)33(25)12-6-10-31-13-15-38-16-14-31/h5,7-9,11,17,25,34-35H,4,6,10,12-16H2,1-3H3. The zero-order valence-corrected chi connectivity index (χ0v) is 22.5. The number of pyridine rings is 1. The van der Waals surface area contributed by atoms with Gasteiger partial charge in [0.25, 0.3) is 11.7 Å². The summed E-state index contributed by atoms with van der Waals surface area (Å²) >= 11 is 0. The number of amides is 1. The number of benzene rings is 1. The molecule has 2 N–H and O–H groups in total. The second kappa shape index (κ2) is 11.1. The molecule has 1 atom stereocenters. The van der Waals surface area contributed by atoms with Crippen molar-refractivity contribution in [1.82, 2.24) is 19.2 Å². The summed E-state index contributed by atoms with van der Waals surface area (Å²) in [6.07, 6.45) is 2.49. The van der Waals surface area contributed by atoms with Gasteiger partial charge in [-0.1, -0.05) is 12.1 Å². The first kappa shape index (κ1) is 26.7. The molecule has 10 nitrogen and oxygen atoms in total. The molecule has 0 bridgehead atoms. The fraction of sp³-hybridized carbons (Fsp3) is 0.414. The zero-order chi connectivity index (χ0) is 27.7. The van der Waals surface area contributed by atoms with Gasteiger partial charge in [-0.15, -0.1) is 0 Å². The van der Waals surface area contributed by atoms with Gasteiger partial charge in [0.1, 0.15) is 11.3 Å². The van der Waals surface area contributed by atoms with E-state index < -0.39 is 17.7 Å². The van der Waals surface area contributed by atoms with Crippen LogP contribution in [-0.2, 0) is 14.3 Å². The van der Waals surface area contributed by atoms with Crippen LogP contribution < -0.4 is 4.74 Å². The van der Waals surface area contributed by atoms with E-state index in [0.717, 1.165) is 25.2 Å². The van der Waals surface area contributed by atoms with Crippen LogP contribution in [0.25, 0.3) is 11.4 Å². The fourth-order valence-electron chi connectivity index (χ4n) is 5.39. The van der Waals surface area contributed by atoms with Gasteiger partial charge in [0.15, 0.2) is 17.3 Å². The molecule has 0 spiro atoms. The predicted octanol–water partition coefficient (Wildman–Crippen LogP) is 3.20. The van der Waals surface area contributed by atoms with Gasteiger partial charge in [0, 0.05) is 32.4 Å². The van der Waals surface area contributed by atoms with E-state index in [1.807, 2.05) is 36.6 Å². The van der Waals surface area contributed by atoms with Crippen molar-refractivity contribution in [3.05, 3.63) is 64.6 Å². The predicted molar refractivity (Wildman–Crippen MR) is 145 cm³/mol. The van der Waals surface area contributed by atoms with Gasteiger partial charge in [-0.3, -0.25) is 14.5 Å². The molecule has 2 aromatic heterocycles. The number of Topliss-reactive ketones (excluding diaryl/α,β-unsaturated/α-hetero) is 1. The molecule has 2 aliphatic rings. The second-order valence-electron chi connectivity index (χ2n) is 9.89. The number of carbonyl (C=O) groups excluding carboxylic acids is 2. The van der Waals surface area contributed by atoms with E-state index in [4.69, 9.17) is 9.47 Å². The third-order valence-electron chi connectivity index (χ3n) is 7.42. The summed E-state index contributed by atoms with van der Waals surface area (Å²) in [5.41, 5.74) is 3.02. The number of likely N-dealkylation sites (tertiary alicyclic amines) is 1. The average Bonchev–Trinajstić information content (AvgIpc) is 3.40. The number of rotatable bonds is 8. The molecule has 2 saturated heterocycles. The Morgan fingerprint density at radius 3 is 2.64 bits per heavy atom. The number of carbonyl (C=O) groups is 2. The first-order valence-electron chi connectivity index (χ1n) is 13.3. The Balaban J connectivity index is 1.58. The topological polar surface area (TPSA) is 117 Å². The number of aromatic hydroxyl groups is 1. The lowest BCUT2D eigenvalue weighted by molar-refractivity contribution is -0.140. The molecule has 0 saturated carbocycles. The minimum absolute atomic E-state index is 0.0244. The average molecular weight is 535 g/mol. The summed E-state index contributed by atoms with van der Waals surface area (Å²) in [6.45, 7) is 9.94. The maximum Gasteiger partial charge on any atom is 0.295 e. The molecule has 1 unspecified atom stereocenters. The number of hydrogen-bond acceptors (Lipinski definition) is 8. The van der Waals surface area contributed by atoms with E-state index in [1.54, 1.807) is 19.1 Å². The van der Waals surface area contributed by atoms with Crippen molar-refractivity contribution in [2.45, 2.75) is 33.2 Å². The smallest absolute Gasteiger partial charge is 0.295 e. The van der Waals surface area contributed by atoms with Crippen LogP contribution >= 0.6 is 0 Å². The highest BCUT2D eigenvalue weighted by molar-refractivity contribution is 6.46. The Morgan fingerprint density at radius 2 is 1.92 bits per heavy atom. The van der Waals surface area contributed by atoms with E-state index in [0.29, 0.717) is 49.7 Å². The number of ketones is 1. The van der Waals surface area contributed by atoms with E-state index in [9.17, 15) is 19.8 Å². The van der Waals surface area contributed by atoms with Crippen molar-refractivity contribution in [2.75, 3.05) is 46.0 Å². The van der Waals surface area contributed by atoms with Crippen molar-refractivity contribution in [3.63, 3.8) is 0 Å². The third kappa shape index (κ3) is 4.97.